The van der Waals surface area contributed by atoms with Gasteiger partial charge in [-0.3, -0.25) is 0 Å². The molecule has 0 aliphatic rings. The van der Waals surface area contributed by atoms with Crippen LogP contribution in [0.25, 0.3) is 11.0 Å². The molecule has 0 spiro atoms. The normalized spacial score (nSPS) is 11.1. The van der Waals surface area contributed by atoms with Gasteiger partial charge in [-0.15, -0.1) is 0 Å². The molecule has 80 valence electrons. The molecule has 0 atom stereocenters. The Kier molecular flexibility index (Phi) is 3.31. The van der Waals surface area contributed by atoms with Crippen LogP contribution in [0.2, 0.25) is 0 Å². The second kappa shape index (κ2) is 4.71. The van der Waals surface area contributed by atoms with E-state index < -0.39 is 0 Å². The molecule has 1 heterocycles. The minimum absolute atomic E-state index is 0.858. The van der Waals surface area contributed by atoms with Crippen LogP contribution < -0.4 is 0 Å². The van der Waals surface area contributed by atoms with Gasteiger partial charge in [0.1, 0.15) is 5.82 Å². The van der Waals surface area contributed by atoms with E-state index in [0.717, 1.165) is 30.7 Å². The molecule has 0 saturated heterocycles. The lowest BCUT2D eigenvalue weighted by Crippen LogP contribution is -2.04. The number of para-hydroxylation sites is 2. The Morgan fingerprint density at radius 3 is 2.87 bits per heavy atom. The Morgan fingerprint density at radius 2 is 2.13 bits per heavy atom. The molecule has 0 fully saturated rings. The van der Waals surface area contributed by atoms with Gasteiger partial charge in [-0.25, -0.2) is 4.98 Å². The van der Waals surface area contributed by atoms with Crippen molar-refractivity contribution >= 4 is 23.7 Å². The summed E-state index contributed by atoms with van der Waals surface area (Å²) in [7, 11) is 0. The highest BCUT2D eigenvalue weighted by atomic mass is 32.1. The molecule has 2 rings (SSSR count). The maximum atomic E-state index is 4.65. The fraction of sp³-hybridized carbons (Fsp3) is 0.417. The van der Waals surface area contributed by atoms with E-state index in [0.29, 0.717) is 0 Å². The molecule has 0 saturated carbocycles. The van der Waals surface area contributed by atoms with Crippen molar-refractivity contribution in [2.24, 2.45) is 0 Å². The molecule has 0 amide bonds. The van der Waals surface area contributed by atoms with Gasteiger partial charge in [-0.1, -0.05) is 19.1 Å². The third-order valence-electron chi connectivity index (χ3n) is 2.53. The number of fused-ring (bicyclic) bond motifs is 1. The lowest BCUT2D eigenvalue weighted by molar-refractivity contribution is 0.707. The minimum Gasteiger partial charge on any atom is -0.327 e. The van der Waals surface area contributed by atoms with Crippen molar-refractivity contribution in [2.45, 2.75) is 26.3 Å². The first-order valence-electron chi connectivity index (χ1n) is 5.41. The number of aromatic nitrogens is 2. The molecule has 15 heavy (non-hydrogen) atoms. The van der Waals surface area contributed by atoms with Gasteiger partial charge >= 0.3 is 0 Å². The van der Waals surface area contributed by atoms with Crippen molar-refractivity contribution in [2.75, 3.05) is 5.75 Å². The van der Waals surface area contributed by atoms with Gasteiger partial charge in [-0.05, 0) is 18.6 Å². The standard InChI is InChI=1S/C12H16N2S/c1-2-5-12-13-10-6-3-4-7-11(10)14(12)8-9-15/h3-4,6-7,15H,2,5,8-9H2,1H3. The minimum atomic E-state index is 0.858. The highest BCUT2D eigenvalue weighted by Gasteiger charge is 2.07. The van der Waals surface area contributed by atoms with Crippen LogP contribution in [0, 0.1) is 0 Å². The van der Waals surface area contributed by atoms with E-state index in [9.17, 15) is 0 Å². The number of aryl methyl sites for hydroxylation is 2. The molecule has 0 aliphatic heterocycles. The van der Waals surface area contributed by atoms with E-state index in [2.05, 4.69) is 47.3 Å². The number of benzene rings is 1. The van der Waals surface area contributed by atoms with Crippen LogP contribution in [0.3, 0.4) is 0 Å². The molecular weight excluding hydrogens is 204 g/mol. The number of hydrogen-bond donors (Lipinski definition) is 1. The van der Waals surface area contributed by atoms with Gasteiger partial charge in [0.25, 0.3) is 0 Å². The first-order chi connectivity index (χ1) is 7.36. The van der Waals surface area contributed by atoms with E-state index in [1.54, 1.807) is 0 Å². The van der Waals surface area contributed by atoms with Crippen molar-refractivity contribution in [1.29, 1.82) is 0 Å². The molecular formula is C12H16N2S. The number of hydrogen-bond acceptors (Lipinski definition) is 2. The van der Waals surface area contributed by atoms with Crippen LogP contribution in [0.5, 0.6) is 0 Å². The van der Waals surface area contributed by atoms with Crippen molar-refractivity contribution < 1.29 is 0 Å². The fourth-order valence-corrected chi connectivity index (χ4v) is 2.09. The summed E-state index contributed by atoms with van der Waals surface area (Å²) >= 11 is 4.30. The van der Waals surface area contributed by atoms with Crippen molar-refractivity contribution in [3.63, 3.8) is 0 Å². The third kappa shape index (κ3) is 2.02. The number of imidazole rings is 1. The van der Waals surface area contributed by atoms with Crippen LogP contribution in [-0.2, 0) is 13.0 Å². The Morgan fingerprint density at radius 1 is 1.33 bits per heavy atom. The smallest absolute Gasteiger partial charge is 0.109 e. The molecule has 1 aromatic carbocycles. The highest BCUT2D eigenvalue weighted by molar-refractivity contribution is 7.80. The Hall–Kier alpha value is -0.960. The van der Waals surface area contributed by atoms with Crippen LogP contribution in [-0.4, -0.2) is 15.3 Å². The number of rotatable bonds is 4. The summed E-state index contributed by atoms with van der Waals surface area (Å²) in [5, 5.41) is 0. The maximum Gasteiger partial charge on any atom is 0.109 e. The third-order valence-corrected chi connectivity index (χ3v) is 2.73. The molecule has 1 aromatic heterocycles. The van der Waals surface area contributed by atoms with Crippen LogP contribution in [0.4, 0.5) is 0 Å². The van der Waals surface area contributed by atoms with Crippen LogP contribution >= 0.6 is 12.6 Å². The summed E-state index contributed by atoms with van der Waals surface area (Å²) in [4.78, 5) is 4.65. The SMILES string of the molecule is CCCc1nc2ccccc2n1CCS. The summed E-state index contributed by atoms with van der Waals surface area (Å²) in [5.41, 5.74) is 2.33. The maximum absolute atomic E-state index is 4.65. The number of thiol groups is 1. The van der Waals surface area contributed by atoms with Crippen molar-refractivity contribution in [3.05, 3.63) is 30.1 Å². The van der Waals surface area contributed by atoms with E-state index in [-0.39, 0.29) is 0 Å². The zero-order valence-electron chi connectivity index (χ0n) is 8.98. The van der Waals surface area contributed by atoms with Crippen molar-refractivity contribution in [3.8, 4) is 0 Å². The van der Waals surface area contributed by atoms with Crippen LogP contribution in [0.1, 0.15) is 19.2 Å². The lowest BCUT2D eigenvalue weighted by atomic mass is 10.3. The Bertz CT molecular complexity index is 448. The van der Waals surface area contributed by atoms with Gasteiger partial charge in [-0.2, -0.15) is 12.6 Å². The van der Waals surface area contributed by atoms with E-state index in [1.807, 2.05) is 6.07 Å². The molecule has 2 aromatic rings. The van der Waals surface area contributed by atoms with Gasteiger partial charge in [0.15, 0.2) is 0 Å². The van der Waals surface area contributed by atoms with Gasteiger partial charge < -0.3 is 4.57 Å². The summed E-state index contributed by atoms with van der Waals surface area (Å²) in [5.74, 6) is 2.05. The Labute approximate surface area is 95.7 Å². The molecule has 0 aliphatic carbocycles. The predicted octanol–water partition coefficient (Wildman–Crippen LogP) is 2.92. The molecule has 0 N–H and O–H groups in total. The highest BCUT2D eigenvalue weighted by Crippen LogP contribution is 2.17. The van der Waals surface area contributed by atoms with Gasteiger partial charge in [0.05, 0.1) is 11.0 Å². The molecule has 3 heteroatoms. The van der Waals surface area contributed by atoms with E-state index >= 15 is 0 Å². The summed E-state index contributed by atoms with van der Waals surface area (Å²) < 4.78 is 2.28. The summed E-state index contributed by atoms with van der Waals surface area (Å²) in [6.45, 7) is 3.13. The summed E-state index contributed by atoms with van der Waals surface area (Å²) in [6, 6.07) is 8.30. The second-order valence-corrected chi connectivity index (χ2v) is 4.09. The Balaban J connectivity index is 2.53. The first kappa shape index (κ1) is 10.6. The largest absolute Gasteiger partial charge is 0.327 e. The number of nitrogens with zero attached hydrogens (tertiary/aromatic N) is 2. The molecule has 0 bridgehead atoms. The fourth-order valence-electron chi connectivity index (χ4n) is 1.89. The van der Waals surface area contributed by atoms with Crippen molar-refractivity contribution in [1.82, 2.24) is 9.55 Å². The van der Waals surface area contributed by atoms with Gasteiger partial charge in [0, 0.05) is 18.7 Å². The first-order valence-corrected chi connectivity index (χ1v) is 6.05. The topological polar surface area (TPSA) is 17.8 Å². The van der Waals surface area contributed by atoms with E-state index in [4.69, 9.17) is 0 Å². The zero-order valence-corrected chi connectivity index (χ0v) is 9.87. The van der Waals surface area contributed by atoms with Crippen LogP contribution in [0.15, 0.2) is 24.3 Å². The average molecular weight is 220 g/mol. The average Bonchev–Trinajstić information content (AvgIpc) is 2.59. The van der Waals surface area contributed by atoms with E-state index in [1.165, 1.54) is 11.3 Å². The van der Waals surface area contributed by atoms with Gasteiger partial charge in [0.2, 0.25) is 0 Å². The molecule has 2 nitrogen and oxygen atoms in total. The molecule has 0 radical (unpaired) electrons. The molecule has 0 unspecified atom stereocenters. The monoisotopic (exact) mass is 220 g/mol. The quantitative estimate of drug-likeness (QED) is 0.784. The predicted molar refractivity (Wildman–Crippen MR) is 67.6 cm³/mol. The zero-order chi connectivity index (χ0) is 10.7. The summed E-state index contributed by atoms with van der Waals surface area (Å²) in [6.07, 6.45) is 2.18. The lowest BCUT2D eigenvalue weighted by Gasteiger charge is -2.05. The second-order valence-electron chi connectivity index (χ2n) is 3.64.